The Balaban J connectivity index is 0.000000342. The van der Waals surface area contributed by atoms with Crippen molar-refractivity contribution in [3.8, 4) is 0 Å². The largest absolute Gasteiger partial charge is 0.398 e. The molecule has 0 spiro atoms. The maximum Gasteiger partial charge on any atom is 0.275 e. The number of nitrogen functional groups attached to an aromatic ring is 1. The van der Waals surface area contributed by atoms with E-state index in [-0.39, 0.29) is 53.0 Å². The minimum absolute atomic E-state index is 0.0354. The fraction of sp³-hybridized carbons (Fsp3) is 0.455. The number of benzene rings is 2. The lowest BCUT2D eigenvalue weighted by atomic mass is 10.1. The SMILES string of the molecule is Cc1cc(S(=O)(=O)CCCO)cc(C)c1N.Cc1cc(S(=O)(=O)CCCO)cc(C)c1[N+](=O)[O-]. The number of nitrogens with two attached hydrogens (primary N) is 1. The summed E-state index contributed by atoms with van der Waals surface area (Å²) in [6.45, 7) is 6.27. The van der Waals surface area contributed by atoms with E-state index in [2.05, 4.69) is 0 Å². The van der Waals surface area contributed by atoms with Crippen molar-refractivity contribution in [2.45, 2.75) is 50.3 Å². The second kappa shape index (κ2) is 12.2. The third kappa shape index (κ3) is 7.76. The summed E-state index contributed by atoms with van der Waals surface area (Å²) in [5.74, 6) is -0.202. The lowest BCUT2D eigenvalue weighted by Gasteiger charge is -2.09. The van der Waals surface area contributed by atoms with Gasteiger partial charge in [-0.05, 0) is 75.9 Å². The van der Waals surface area contributed by atoms with Gasteiger partial charge in [0.2, 0.25) is 0 Å². The third-order valence-electron chi connectivity index (χ3n) is 5.07. The maximum absolute atomic E-state index is 11.9. The zero-order valence-corrected chi connectivity index (χ0v) is 21.4. The molecule has 0 aliphatic rings. The Morgan fingerprint density at radius 3 is 1.38 bits per heavy atom. The van der Waals surface area contributed by atoms with E-state index in [1.54, 1.807) is 26.0 Å². The number of aliphatic hydroxyl groups is 2. The van der Waals surface area contributed by atoms with E-state index in [9.17, 15) is 26.9 Å². The van der Waals surface area contributed by atoms with Gasteiger partial charge >= 0.3 is 0 Å². The van der Waals surface area contributed by atoms with Gasteiger partial charge in [-0.25, -0.2) is 16.8 Å². The normalized spacial score (nSPS) is 11.6. The molecular formula is C22H32N2O8S2. The van der Waals surface area contributed by atoms with Crippen LogP contribution in [0.5, 0.6) is 0 Å². The summed E-state index contributed by atoms with van der Waals surface area (Å²) in [6.07, 6.45) is 0.405. The van der Waals surface area contributed by atoms with Crippen molar-refractivity contribution in [2.24, 2.45) is 0 Å². The molecule has 34 heavy (non-hydrogen) atoms. The van der Waals surface area contributed by atoms with E-state index in [1.807, 2.05) is 0 Å². The van der Waals surface area contributed by atoms with Crippen molar-refractivity contribution in [3.05, 3.63) is 56.6 Å². The number of sulfone groups is 2. The van der Waals surface area contributed by atoms with Gasteiger partial charge in [-0.1, -0.05) is 0 Å². The van der Waals surface area contributed by atoms with Crippen molar-refractivity contribution < 1.29 is 32.0 Å². The van der Waals surface area contributed by atoms with Crippen LogP contribution in [0.3, 0.4) is 0 Å². The maximum atomic E-state index is 11.9. The van der Waals surface area contributed by atoms with Gasteiger partial charge in [0.15, 0.2) is 19.7 Å². The molecule has 10 nitrogen and oxygen atoms in total. The van der Waals surface area contributed by atoms with Crippen LogP contribution in [-0.2, 0) is 19.7 Å². The van der Waals surface area contributed by atoms with Crippen LogP contribution in [0.2, 0.25) is 0 Å². The lowest BCUT2D eigenvalue weighted by molar-refractivity contribution is -0.386. The van der Waals surface area contributed by atoms with Gasteiger partial charge in [0.1, 0.15) is 0 Å². The molecule has 4 N–H and O–H groups in total. The molecule has 0 atom stereocenters. The van der Waals surface area contributed by atoms with E-state index in [0.717, 1.165) is 11.1 Å². The predicted molar refractivity (Wildman–Crippen MR) is 130 cm³/mol. The van der Waals surface area contributed by atoms with Gasteiger partial charge in [0.05, 0.1) is 26.2 Å². The number of anilines is 1. The van der Waals surface area contributed by atoms with Crippen molar-refractivity contribution in [1.82, 2.24) is 0 Å². The Labute approximate surface area is 200 Å². The molecule has 2 rings (SSSR count). The van der Waals surface area contributed by atoms with Gasteiger partial charge in [-0.3, -0.25) is 10.1 Å². The van der Waals surface area contributed by atoms with Crippen LogP contribution in [0.1, 0.15) is 35.1 Å². The second-order valence-electron chi connectivity index (χ2n) is 7.93. The fourth-order valence-electron chi connectivity index (χ4n) is 3.24. The molecular weight excluding hydrogens is 484 g/mol. The van der Waals surface area contributed by atoms with Crippen molar-refractivity contribution >= 4 is 31.0 Å². The summed E-state index contributed by atoms with van der Waals surface area (Å²) >= 11 is 0. The standard InChI is InChI=1S/C11H15NO5S.C11H17NO3S/c1-8-6-10(18(16,17)5-3-4-13)7-9(2)11(8)12(14)15;1-8-6-10(7-9(2)11(8)12)16(14,15)5-3-4-13/h6-7,13H,3-5H2,1-2H3;6-7,13H,3-5,12H2,1-2H3. The number of nitro groups is 1. The molecule has 0 radical (unpaired) electrons. The first kappa shape index (κ1) is 29.5. The van der Waals surface area contributed by atoms with Crippen LogP contribution >= 0.6 is 0 Å². The Hall–Kier alpha value is -2.54. The monoisotopic (exact) mass is 516 g/mol. The van der Waals surface area contributed by atoms with E-state index in [1.165, 1.54) is 26.0 Å². The van der Waals surface area contributed by atoms with Crippen LogP contribution in [-0.4, -0.2) is 56.7 Å². The highest BCUT2D eigenvalue weighted by atomic mass is 32.2. The molecule has 0 aromatic heterocycles. The number of nitro benzene ring substituents is 1. The summed E-state index contributed by atoms with van der Waals surface area (Å²) in [7, 11) is -6.79. The van der Waals surface area contributed by atoms with Gasteiger partial charge in [0, 0.05) is 30.0 Å². The first-order chi connectivity index (χ1) is 15.7. The summed E-state index contributed by atoms with van der Waals surface area (Å²) < 4.78 is 47.5. The highest BCUT2D eigenvalue weighted by Crippen LogP contribution is 2.27. The number of aryl methyl sites for hydroxylation is 4. The van der Waals surface area contributed by atoms with Crippen molar-refractivity contribution in [1.29, 1.82) is 0 Å². The molecule has 12 heteroatoms. The summed E-state index contributed by atoms with van der Waals surface area (Å²) in [6, 6.07) is 5.76. The van der Waals surface area contributed by atoms with Crippen molar-refractivity contribution in [2.75, 3.05) is 30.5 Å². The fourth-order valence-corrected chi connectivity index (χ4v) is 6.16. The average molecular weight is 517 g/mol. The number of hydrogen-bond donors (Lipinski definition) is 3. The number of hydrogen-bond acceptors (Lipinski definition) is 9. The van der Waals surface area contributed by atoms with E-state index in [0.29, 0.717) is 16.8 Å². The summed E-state index contributed by atoms with van der Waals surface area (Å²) in [4.78, 5) is 10.6. The summed E-state index contributed by atoms with van der Waals surface area (Å²) in [5.41, 5.74) is 8.50. The number of nitrogens with zero attached hydrogens (tertiary/aromatic N) is 1. The van der Waals surface area contributed by atoms with Crippen LogP contribution in [0.4, 0.5) is 11.4 Å². The minimum atomic E-state index is -3.49. The molecule has 0 aliphatic carbocycles. The molecule has 0 bridgehead atoms. The van der Waals surface area contributed by atoms with Gasteiger partial charge in [-0.2, -0.15) is 0 Å². The van der Waals surface area contributed by atoms with E-state index < -0.39 is 24.6 Å². The smallest absolute Gasteiger partial charge is 0.275 e. The van der Waals surface area contributed by atoms with Gasteiger partial charge < -0.3 is 15.9 Å². The van der Waals surface area contributed by atoms with Gasteiger partial charge in [-0.15, -0.1) is 0 Å². The molecule has 0 unspecified atom stereocenters. The average Bonchev–Trinajstić information content (AvgIpc) is 2.74. The topological polar surface area (TPSA) is 178 Å². The third-order valence-corrected chi connectivity index (χ3v) is 8.64. The molecule has 0 amide bonds. The Morgan fingerprint density at radius 2 is 1.09 bits per heavy atom. The quantitative estimate of drug-likeness (QED) is 0.256. The van der Waals surface area contributed by atoms with E-state index in [4.69, 9.17) is 15.9 Å². The predicted octanol–water partition coefficient (Wildman–Crippen LogP) is 2.41. The van der Waals surface area contributed by atoms with Gasteiger partial charge in [0.25, 0.3) is 5.69 Å². The summed E-state index contributed by atoms with van der Waals surface area (Å²) in [5, 5.41) is 28.1. The Morgan fingerprint density at radius 1 is 0.765 bits per heavy atom. The van der Waals surface area contributed by atoms with Crippen molar-refractivity contribution in [3.63, 3.8) is 0 Å². The zero-order valence-electron chi connectivity index (χ0n) is 19.7. The van der Waals surface area contributed by atoms with Crippen LogP contribution in [0.25, 0.3) is 0 Å². The first-order valence-electron chi connectivity index (χ1n) is 10.5. The first-order valence-corrected chi connectivity index (χ1v) is 13.8. The molecule has 190 valence electrons. The molecule has 2 aromatic rings. The van der Waals surface area contributed by atoms with Crippen LogP contribution < -0.4 is 5.73 Å². The van der Waals surface area contributed by atoms with Crippen LogP contribution in [0.15, 0.2) is 34.1 Å². The number of rotatable bonds is 9. The Kier molecular flexibility index (Phi) is 10.6. The molecule has 0 saturated heterocycles. The minimum Gasteiger partial charge on any atom is -0.398 e. The van der Waals surface area contributed by atoms with Crippen LogP contribution in [0, 0.1) is 37.8 Å². The highest BCUT2D eigenvalue weighted by Gasteiger charge is 2.21. The molecule has 2 aromatic carbocycles. The zero-order chi connectivity index (χ0) is 26.3. The molecule has 0 heterocycles. The highest BCUT2D eigenvalue weighted by molar-refractivity contribution is 7.91. The molecule has 0 aliphatic heterocycles. The molecule has 0 fully saturated rings. The lowest BCUT2D eigenvalue weighted by Crippen LogP contribution is -2.09. The Bertz CT molecular complexity index is 1190. The second-order valence-corrected chi connectivity index (χ2v) is 12.1. The van der Waals surface area contributed by atoms with E-state index >= 15 is 0 Å². The molecule has 0 saturated carbocycles. The number of aliphatic hydroxyl groups excluding tert-OH is 2.